The molecule has 27 heavy (non-hydrogen) atoms. The molecule has 0 N–H and O–H groups in total. The predicted octanol–water partition coefficient (Wildman–Crippen LogP) is 8.21. The molecule has 0 bridgehead atoms. The minimum atomic E-state index is 0.651. The van der Waals surface area contributed by atoms with E-state index < -0.39 is 0 Å². The van der Waals surface area contributed by atoms with Gasteiger partial charge in [0.1, 0.15) is 5.76 Å². The largest absolute Gasteiger partial charge is 0.494 e. The first-order valence-electron chi connectivity index (χ1n) is 9.92. The quantitative estimate of drug-likeness (QED) is 0.204. The highest BCUT2D eigenvalue weighted by Crippen LogP contribution is 2.28. The molecule has 0 unspecified atom stereocenters. The molecule has 0 heterocycles. The van der Waals surface area contributed by atoms with Gasteiger partial charge in [-0.3, -0.25) is 0 Å². The van der Waals surface area contributed by atoms with Crippen molar-refractivity contribution in [3.8, 4) is 0 Å². The van der Waals surface area contributed by atoms with Crippen LogP contribution in [0.5, 0.6) is 0 Å². The van der Waals surface area contributed by atoms with Crippen LogP contribution < -0.4 is 0 Å². The van der Waals surface area contributed by atoms with Crippen LogP contribution in [0.15, 0.2) is 70.7 Å². The van der Waals surface area contributed by atoms with Crippen LogP contribution in [0.2, 0.25) is 0 Å². The van der Waals surface area contributed by atoms with Crippen LogP contribution in [0.1, 0.15) is 65.9 Å². The summed E-state index contributed by atoms with van der Waals surface area (Å²) in [5, 5.41) is 0. The molecule has 0 radical (unpaired) electrons. The summed E-state index contributed by atoms with van der Waals surface area (Å²) in [7, 11) is 0. The van der Waals surface area contributed by atoms with Gasteiger partial charge in [0.25, 0.3) is 0 Å². The summed E-state index contributed by atoms with van der Waals surface area (Å²) >= 11 is 1.84. The van der Waals surface area contributed by atoms with Crippen molar-refractivity contribution < 1.29 is 4.74 Å². The van der Waals surface area contributed by atoms with Crippen molar-refractivity contribution in [2.24, 2.45) is 0 Å². The number of thioether (sulfide) groups is 1. The Balaban J connectivity index is 2.45. The third-order valence-corrected chi connectivity index (χ3v) is 5.30. The lowest BCUT2D eigenvalue weighted by atomic mass is 10.1. The molecule has 2 heteroatoms. The van der Waals surface area contributed by atoms with Gasteiger partial charge < -0.3 is 4.74 Å². The third-order valence-electron chi connectivity index (χ3n) is 4.30. The van der Waals surface area contributed by atoms with Crippen molar-refractivity contribution in [2.45, 2.75) is 65.2 Å². The molecule has 1 rings (SSSR count). The first kappa shape index (κ1) is 23.4. The lowest BCUT2D eigenvalue weighted by molar-refractivity contribution is 0.298. The van der Waals surface area contributed by atoms with Gasteiger partial charge in [-0.25, -0.2) is 0 Å². The molecular weight excluding hydrogens is 348 g/mol. The van der Waals surface area contributed by atoms with Crippen LogP contribution in [0, 0.1) is 0 Å². The van der Waals surface area contributed by atoms with Crippen LogP contribution in [-0.4, -0.2) is 12.4 Å². The minimum Gasteiger partial charge on any atom is -0.494 e. The zero-order valence-corrected chi connectivity index (χ0v) is 18.6. The number of benzene rings is 1. The third kappa shape index (κ3) is 10.3. The SMILES string of the molecule is C=C(OCC)c1ccccc1SC/C=C(\C)CC/C=C(\C)CCC=C(C)C. The van der Waals surface area contributed by atoms with Gasteiger partial charge in [-0.1, -0.05) is 59.7 Å². The molecule has 0 spiro atoms. The first-order chi connectivity index (χ1) is 12.9. The standard InChI is InChI=1S/C25H36OS/c1-7-26-23(6)24-16-8-9-17-25(24)27-19-18-22(5)15-11-14-21(4)13-10-12-20(2)3/h8-9,12,14,16-18H,6-7,10-11,13,15,19H2,1-5H3/b21-14+,22-18+. The van der Waals surface area contributed by atoms with Crippen molar-refractivity contribution in [1.82, 2.24) is 0 Å². The molecule has 1 aromatic rings. The van der Waals surface area contributed by atoms with Crippen molar-refractivity contribution in [3.05, 3.63) is 71.4 Å². The van der Waals surface area contributed by atoms with E-state index in [1.165, 1.54) is 28.0 Å². The van der Waals surface area contributed by atoms with E-state index in [0.717, 1.165) is 36.3 Å². The van der Waals surface area contributed by atoms with Crippen molar-refractivity contribution in [1.29, 1.82) is 0 Å². The van der Waals surface area contributed by atoms with Gasteiger partial charge >= 0.3 is 0 Å². The Morgan fingerprint density at radius 3 is 2.26 bits per heavy atom. The number of hydrogen-bond acceptors (Lipinski definition) is 2. The lowest BCUT2D eigenvalue weighted by Crippen LogP contribution is -1.92. The number of hydrogen-bond donors (Lipinski definition) is 0. The van der Waals surface area contributed by atoms with E-state index >= 15 is 0 Å². The Bertz CT molecular complexity index is 675. The van der Waals surface area contributed by atoms with Gasteiger partial charge in [0.2, 0.25) is 0 Å². The second kappa shape index (κ2) is 13.5. The number of ether oxygens (including phenoxy) is 1. The summed E-state index contributed by atoms with van der Waals surface area (Å²) in [5.41, 5.74) is 5.46. The predicted molar refractivity (Wildman–Crippen MR) is 123 cm³/mol. The molecule has 0 saturated heterocycles. The normalized spacial score (nSPS) is 12.0. The number of rotatable bonds is 12. The number of allylic oxidation sites excluding steroid dienone is 5. The topological polar surface area (TPSA) is 9.23 Å². The molecular formula is C25H36OS. The Labute approximate surface area is 171 Å². The van der Waals surface area contributed by atoms with E-state index in [-0.39, 0.29) is 0 Å². The van der Waals surface area contributed by atoms with Crippen molar-refractivity contribution >= 4 is 17.5 Å². The Morgan fingerprint density at radius 2 is 1.59 bits per heavy atom. The summed E-state index contributed by atoms with van der Waals surface area (Å²) in [5.74, 6) is 1.74. The summed E-state index contributed by atoms with van der Waals surface area (Å²) in [4.78, 5) is 1.23. The molecule has 0 aliphatic carbocycles. The molecule has 1 aromatic carbocycles. The van der Waals surface area contributed by atoms with Crippen LogP contribution in [0.4, 0.5) is 0 Å². The lowest BCUT2D eigenvalue weighted by Gasteiger charge is -2.11. The second-order valence-electron chi connectivity index (χ2n) is 7.12. The fraction of sp³-hybridized carbons (Fsp3) is 0.440. The molecule has 0 amide bonds. The highest BCUT2D eigenvalue weighted by molar-refractivity contribution is 7.99. The summed E-state index contributed by atoms with van der Waals surface area (Å²) < 4.78 is 5.58. The smallest absolute Gasteiger partial charge is 0.120 e. The van der Waals surface area contributed by atoms with Crippen LogP contribution in [0.3, 0.4) is 0 Å². The summed E-state index contributed by atoms with van der Waals surface area (Å²) in [6, 6.07) is 8.34. The molecule has 148 valence electrons. The monoisotopic (exact) mass is 384 g/mol. The van der Waals surface area contributed by atoms with Gasteiger partial charge in [-0.15, -0.1) is 11.8 Å². The fourth-order valence-electron chi connectivity index (χ4n) is 2.69. The molecule has 0 saturated carbocycles. The van der Waals surface area contributed by atoms with E-state index in [9.17, 15) is 0 Å². The average molecular weight is 385 g/mol. The average Bonchev–Trinajstić information content (AvgIpc) is 2.62. The summed E-state index contributed by atoms with van der Waals surface area (Å²) in [6.45, 7) is 15.5. The molecule has 1 nitrogen and oxygen atoms in total. The van der Waals surface area contributed by atoms with Crippen molar-refractivity contribution in [3.63, 3.8) is 0 Å². The molecule has 0 aromatic heterocycles. The highest BCUT2D eigenvalue weighted by atomic mass is 32.2. The van der Waals surface area contributed by atoms with Crippen LogP contribution in [-0.2, 0) is 4.74 Å². The van der Waals surface area contributed by atoms with Gasteiger partial charge in [-0.2, -0.15) is 0 Å². The maximum absolute atomic E-state index is 5.58. The maximum Gasteiger partial charge on any atom is 0.120 e. The Hall–Kier alpha value is -1.67. The second-order valence-corrected chi connectivity index (χ2v) is 8.18. The van der Waals surface area contributed by atoms with Gasteiger partial charge in [0, 0.05) is 16.2 Å². The van der Waals surface area contributed by atoms with Crippen molar-refractivity contribution in [2.75, 3.05) is 12.4 Å². The summed E-state index contributed by atoms with van der Waals surface area (Å²) in [6.07, 6.45) is 11.6. The van der Waals surface area contributed by atoms with E-state index in [0.29, 0.717) is 6.61 Å². The van der Waals surface area contributed by atoms with Gasteiger partial charge in [0.15, 0.2) is 0 Å². The molecule has 0 aliphatic rings. The van der Waals surface area contributed by atoms with E-state index in [1.807, 2.05) is 24.8 Å². The zero-order chi connectivity index (χ0) is 20.1. The molecule has 0 aliphatic heterocycles. The highest BCUT2D eigenvalue weighted by Gasteiger charge is 2.06. The van der Waals surface area contributed by atoms with E-state index in [1.54, 1.807) is 0 Å². The maximum atomic E-state index is 5.58. The Kier molecular flexibility index (Phi) is 11.7. The van der Waals surface area contributed by atoms with E-state index in [4.69, 9.17) is 4.74 Å². The van der Waals surface area contributed by atoms with Crippen LogP contribution in [0.25, 0.3) is 5.76 Å². The van der Waals surface area contributed by atoms with Gasteiger partial charge in [-0.05, 0) is 66.4 Å². The zero-order valence-electron chi connectivity index (χ0n) is 17.8. The van der Waals surface area contributed by atoms with Crippen LogP contribution >= 0.6 is 11.8 Å². The fourth-order valence-corrected chi connectivity index (χ4v) is 3.75. The first-order valence-corrected chi connectivity index (χ1v) is 10.9. The Morgan fingerprint density at radius 1 is 0.963 bits per heavy atom. The molecule has 0 fully saturated rings. The van der Waals surface area contributed by atoms with Gasteiger partial charge in [0.05, 0.1) is 6.61 Å². The minimum absolute atomic E-state index is 0.651. The van der Waals surface area contributed by atoms with E-state index in [2.05, 4.69) is 70.7 Å². The molecule has 0 atom stereocenters.